The number of unbranched alkanes of at least 4 members (excludes halogenated alkanes) is 4. The van der Waals surface area contributed by atoms with E-state index in [2.05, 4.69) is 6.92 Å². The van der Waals surface area contributed by atoms with Gasteiger partial charge in [-0.2, -0.15) is 0 Å². The smallest absolute Gasteiger partial charge is 0.124 e. The van der Waals surface area contributed by atoms with Crippen molar-refractivity contribution in [1.29, 1.82) is 0 Å². The summed E-state index contributed by atoms with van der Waals surface area (Å²) in [4.78, 5) is 0.871. The lowest BCUT2D eigenvalue weighted by Gasteiger charge is -2.05. The minimum atomic E-state index is -0.206. The number of halogens is 1. The van der Waals surface area contributed by atoms with E-state index >= 15 is 0 Å². The minimum Gasteiger partial charge on any atom is -0.398 e. The molecular formula is C13H20FNS. The SMILES string of the molecule is CCCCCCCSc1cc(F)ccc1N. The summed E-state index contributed by atoms with van der Waals surface area (Å²) in [5, 5.41) is 0. The number of nitrogen functional groups attached to an aromatic ring is 1. The van der Waals surface area contributed by atoms with Crippen molar-refractivity contribution < 1.29 is 4.39 Å². The van der Waals surface area contributed by atoms with Crippen LogP contribution in [0.5, 0.6) is 0 Å². The molecule has 0 fully saturated rings. The molecule has 0 aromatic heterocycles. The molecule has 0 heterocycles. The molecule has 0 radical (unpaired) electrons. The van der Waals surface area contributed by atoms with Gasteiger partial charge in [0, 0.05) is 10.6 Å². The van der Waals surface area contributed by atoms with Gasteiger partial charge in [-0.15, -0.1) is 11.8 Å². The normalized spacial score (nSPS) is 10.6. The van der Waals surface area contributed by atoms with Gasteiger partial charge in [0.1, 0.15) is 5.82 Å². The third-order valence-electron chi connectivity index (χ3n) is 2.48. The first-order valence-electron chi connectivity index (χ1n) is 5.92. The monoisotopic (exact) mass is 241 g/mol. The molecule has 0 aliphatic carbocycles. The summed E-state index contributed by atoms with van der Waals surface area (Å²) in [7, 11) is 0. The van der Waals surface area contributed by atoms with Gasteiger partial charge in [0.2, 0.25) is 0 Å². The molecule has 2 N–H and O–H groups in total. The first-order valence-corrected chi connectivity index (χ1v) is 6.90. The largest absolute Gasteiger partial charge is 0.398 e. The molecule has 3 heteroatoms. The molecule has 16 heavy (non-hydrogen) atoms. The van der Waals surface area contributed by atoms with Crippen molar-refractivity contribution in [2.45, 2.75) is 43.9 Å². The molecule has 0 saturated heterocycles. The highest BCUT2D eigenvalue weighted by molar-refractivity contribution is 7.99. The van der Waals surface area contributed by atoms with Crippen LogP contribution in [0.15, 0.2) is 23.1 Å². The summed E-state index contributed by atoms with van der Waals surface area (Å²) >= 11 is 1.65. The number of thioether (sulfide) groups is 1. The Morgan fingerprint density at radius 2 is 1.94 bits per heavy atom. The van der Waals surface area contributed by atoms with Gasteiger partial charge in [-0.3, -0.25) is 0 Å². The fourth-order valence-corrected chi connectivity index (χ4v) is 2.52. The molecule has 0 unspecified atom stereocenters. The topological polar surface area (TPSA) is 26.0 Å². The molecule has 0 amide bonds. The van der Waals surface area contributed by atoms with Crippen LogP contribution in [0.1, 0.15) is 39.0 Å². The van der Waals surface area contributed by atoms with Crippen LogP contribution in [0.2, 0.25) is 0 Å². The Hall–Kier alpha value is -0.700. The number of hydrogen-bond donors (Lipinski definition) is 1. The number of hydrogen-bond acceptors (Lipinski definition) is 2. The fraction of sp³-hybridized carbons (Fsp3) is 0.538. The molecule has 0 bridgehead atoms. The van der Waals surface area contributed by atoms with Crippen LogP contribution in [0.3, 0.4) is 0 Å². The van der Waals surface area contributed by atoms with E-state index in [0.29, 0.717) is 5.69 Å². The summed E-state index contributed by atoms with van der Waals surface area (Å²) in [5.41, 5.74) is 6.44. The van der Waals surface area contributed by atoms with E-state index in [1.165, 1.54) is 44.2 Å². The average Bonchev–Trinajstić information content (AvgIpc) is 2.28. The van der Waals surface area contributed by atoms with Crippen molar-refractivity contribution in [2.24, 2.45) is 0 Å². The van der Waals surface area contributed by atoms with Crippen molar-refractivity contribution in [3.05, 3.63) is 24.0 Å². The van der Waals surface area contributed by atoms with Crippen LogP contribution in [0.4, 0.5) is 10.1 Å². The van der Waals surface area contributed by atoms with E-state index in [1.54, 1.807) is 17.8 Å². The molecule has 0 aliphatic rings. The fourth-order valence-electron chi connectivity index (χ4n) is 1.52. The summed E-state index contributed by atoms with van der Waals surface area (Å²) < 4.78 is 13.0. The van der Waals surface area contributed by atoms with E-state index in [1.807, 2.05) is 0 Å². The van der Waals surface area contributed by atoms with Gasteiger partial charge in [0.25, 0.3) is 0 Å². The minimum absolute atomic E-state index is 0.206. The van der Waals surface area contributed by atoms with Crippen molar-refractivity contribution in [3.63, 3.8) is 0 Å². The zero-order valence-electron chi connectivity index (χ0n) is 9.84. The Morgan fingerprint density at radius 3 is 2.69 bits per heavy atom. The van der Waals surface area contributed by atoms with Gasteiger partial charge >= 0.3 is 0 Å². The number of anilines is 1. The van der Waals surface area contributed by atoms with E-state index in [0.717, 1.165) is 10.6 Å². The summed E-state index contributed by atoms with van der Waals surface area (Å²) in [6.45, 7) is 2.21. The van der Waals surface area contributed by atoms with Crippen molar-refractivity contribution in [2.75, 3.05) is 11.5 Å². The molecule has 1 aromatic carbocycles. The molecular weight excluding hydrogens is 221 g/mol. The second kappa shape index (κ2) is 7.55. The summed E-state index contributed by atoms with van der Waals surface area (Å²) in [5.74, 6) is 0.819. The van der Waals surface area contributed by atoms with Crippen molar-refractivity contribution in [1.82, 2.24) is 0 Å². The molecule has 0 spiro atoms. The number of benzene rings is 1. The first kappa shape index (κ1) is 13.4. The molecule has 90 valence electrons. The highest BCUT2D eigenvalue weighted by Crippen LogP contribution is 2.26. The Morgan fingerprint density at radius 1 is 1.19 bits per heavy atom. The zero-order valence-corrected chi connectivity index (χ0v) is 10.7. The number of nitrogens with two attached hydrogens (primary N) is 1. The third-order valence-corrected chi connectivity index (χ3v) is 3.64. The second-order valence-electron chi connectivity index (χ2n) is 3.94. The summed E-state index contributed by atoms with van der Waals surface area (Å²) in [6.07, 6.45) is 6.32. The maximum Gasteiger partial charge on any atom is 0.124 e. The Labute approximate surface area is 102 Å². The highest BCUT2D eigenvalue weighted by Gasteiger charge is 2.01. The Balaban J connectivity index is 2.23. The van der Waals surface area contributed by atoms with Crippen LogP contribution < -0.4 is 5.73 Å². The lowest BCUT2D eigenvalue weighted by atomic mass is 10.2. The molecule has 1 rings (SSSR count). The lowest BCUT2D eigenvalue weighted by Crippen LogP contribution is -1.90. The quantitative estimate of drug-likeness (QED) is 0.433. The highest BCUT2D eigenvalue weighted by atomic mass is 32.2. The predicted molar refractivity (Wildman–Crippen MR) is 70.3 cm³/mol. The molecule has 0 saturated carbocycles. The van der Waals surface area contributed by atoms with E-state index in [9.17, 15) is 4.39 Å². The van der Waals surface area contributed by atoms with Gasteiger partial charge < -0.3 is 5.73 Å². The molecule has 0 atom stereocenters. The van der Waals surface area contributed by atoms with Crippen LogP contribution in [0, 0.1) is 5.82 Å². The van der Waals surface area contributed by atoms with E-state index in [-0.39, 0.29) is 5.82 Å². The van der Waals surface area contributed by atoms with Gasteiger partial charge in [-0.05, 0) is 30.4 Å². The zero-order chi connectivity index (χ0) is 11.8. The predicted octanol–water partition coefficient (Wildman–Crippen LogP) is 4.47. The second-order valence-corrected chi connectivity index (χ2v) is 5.08. The number of rotatable bonds is 7. The summed E-state index contributed by atoms with van der Waals surface area (Å²) in [6, 6.07) is 4.56. The first-order chi connectivity index (χ1) is 7.74. The molecule has 0 aliphatic heterocycles. The van der Waals surface area contributed by atoms with Gasteiger partial charge in [0.15, 0.2) is 0 Å². The standard InChI is InChI=1S/C13H20FNS/c1-2-3-4-5-6-9-16-13-10-11(14)7-8-12(13)15/h7-8,10H,2-6,9,15H2,1H3. The maximum absolute atomic E-state index is 13.0. The van der Waals surface area contributed by atoms with Crippen LogP contribution >= 0.6 is 11.8 Å². The third kappa shape index (κ3) is 4.88. The Bertz CT molecular complexity index is 315. The molecule has 1 nitrogen and oxygen atoms in total. The van der Waals surface area contributed by atoms with Gasteiger partial charge in [0.05, 0.1) is 0 Å². The molecule has 1 aromatic rings. The van der Waals surface area contributed by atoms with E-state index < -0.39 is 0 Å². The van der Waals surface area contributed by atoms with Crippen LogP contribution in [0.25, 0.3) is 0 Å². The van der Waals surface area contributed by atoms with Crippen LogP contribution in [-0.4, -0.2) is 5.75 Å². The van der Waals surface area contributed by atoms with E-state index in [4.69, 9.17) is 5.73 Å². The maximum atomic E-state index is 13.0. The van der Waals surface area contributed by atoms with Crippen molar-refractivity contribution in [3.8, 4) is 0 Å². The van der Waals surface area contributed by atoms with Gasteiger partial charge in [-0.25, -0.2) is 4.39 Å². The average molecular weight is 241 g/mol. The Kier molecular flexibility index (Phi) is 6.31. The lowest BCUT2D eigenvalue weighted by molar-refractivity contribution is 0.624. The van der Waals surface area contributed by atoms with Gasteiger partial charge in [-0.1, -0.05) is 32.6 Å². The van der Waals surface area contributed by atoms with Crippen LogP contribution in [-0.2, 0) is 0 Å². The van der Waals surface area contributed by atoms with Crippen molar-refractivity contribution >= 4 is 17.4 Å².